The van der Waals surface area contributed by atoms with E-state index in [9.17, 15) is 4.79 Å². The summed E-state index contributed by atoms with van der Waals surface area (Å²) >= 11 is 0. The van der Waals surface area contributed by atoms with Crippen molar-refractivity contribution >= 4 is 5.91 Å². The zero-order valence-corrected chi connectivity index (χ0v) is 14.7. The van der Waals surface area contributed by atoms with E-state index in [1.165, 1.54) is 4.90 Å². The molecule has 1 aromatic rings. The van der Waals surface area contributed by atoms with Crippen molar-refractivity contribution in [2.75, 3.05) is 40.4 Å². The smallest absolute Gasteiger partial charge is 0.248 e. The van der Waals surface area contributed by atoms with Gasteiger partial charge in [-0.2, -0.15) is 0 Å². The lowest BCUT2D eigenvalue weighted by atomic mass is 10.1. The van der Waals surface area contributed by atoms with E-state index in [1.54, 1.807) is 25.0 Å². The maximum absolute atomic E-state index is 11.6. The highest BCUT2D eigenvalue weighted by molar-refractivity contribution is 5.76. The molecule has 2 rings (SSSR count). The predicted octanol–water partition coefficient (Wildman–Crippen LogP) is -0.101. The SMILES string of the molecule is CN(C)C(=O)COC[C@H]1CN(Cc2cnnn2C)CC(C)(C)O1. The van der Waals surface area contributed by atoms with Crippen LogP contribution in [0.2, 0.25) is 0 Å². The van der Waals surface area contributed by atoms with Crippen LogP contribution in [0.25, 0.3) is 0 Å². The van der Waals surface area contributed by atoms with Gasteiger partial charge in [-0.15, -0.1) is 5.10 Å². The number of ether oxygens (including phenoxy) is 2. The summed E-state index contributed by atoms with van der Waals surface area (Å²) in [6.07, 6.45) is 1.72. The Kier molecular flexibility index (Phi) is 5.72. The second-order valence-electron chi connectivity index (χ2n) is 6.82. The Morgan fingerprint density at radius 1 is 1.52 bits per heavy atom. The van der Waals surface area contributed by atoms with E-state index in [4.69, 9.17) is 9.47 Å². The van der Waals surface area contributed by atoms with Crippen molar-refractivity contribution in [1.29, 1.82) is 0 Å². The van der Waals surface area contributed by atoms with Gasteiger partial charge >= 0.3 is 0 Å². The van der Waals surface area contributed by atoms with Gasteiger partial charge in [-0.25, -0.2) is 0 Å². The van der Waals surface area contributed by atoms with Gasteiger partial charge in [0.25, 0.3) is 0 Å². The van der Waals surface area contributed by atoms with Gasteiger partial charge in [-0.05, 0) is 13.8 Å². The molecule has 0 spiro atoms. The van der Waals surface area contributed by atoms with E-state index in [1.807, 2.05) is 7.05 Å². The van der Waals surface area contributed by atoms with Gasteiger partial charge in [-0.1, -0.05) is 5.21 Å². The molecule has 8 nitrogen and oxygen atoms in total. The second kappa shape index (κ2) is 7.37. The lowest BCUT2D eigenvalue weighted by molar-refractivity contribution is -0.161. The number of hydrogen-bond donors (Lipinski definition) is 0. The van der Waals surface area contributed by atoms with E-state index >= 15 is 0 Å². The van der Waals surface area contributed by atoms with Crippen molar-refractivity contribution in [3.05, 3.63) is 11.9 Å². The van der Waals surface area contributed by atoms with Gasteiger partial charge in [0.15, 0.2) is 0 Å². The third-order valence-electron chi connectivity index (χ3n) is 3.77. The maximum Gasteiger partial charge on any atom is 0.248 e. The minimum Gasteiger partial charge on any atom is -0.369 e. The topological polar surface area (TPSA) is 72.7 Å². The summed E-state index contributed by atoms with van der Waals surface area (Å²) in [5, 5.41) is 7.88. The predicted molar refractivity (Wildman–Crippen MR) is 84.7 cm³/mol. The van der Waals surface area contributed by atoms with E-state index < -0.39 is 0 Å². The number of likely N-dealkylation sites (N-methyl/N-ethyl adjacent to an activating group) is 1. The fourth-order valence-corrected chi connectivity index (χ4v) is 2.71. The summed E-state index contributed by atoms with van der Waals surface area (Å²) < 4.78 is 13.4. The zero-order chi connectivity index (χ0) is 17.0. The van der Waals surface area contributed by atoms with Crippen LogP contribution < -0.4 is 0 Å². The number of carbonyl (C=O) groups is 1. The van der Waals surface area contributed by atoms with Crippen LogP contribution in [-0.4, -0.2) is 82.8 Å². The standard InChI is InChI=1S/C15H27N5O3/c1-15(2)11-20(7-12-6-16-17-19(12)5)8-13(23-15)9-22-10-14(21)18(3)4/h6,13H,7-11H2,1-5H3/t13-/m1/s1. The lowest BCUT2D eigenvalue weighted by Gasteiger charge is -2.42. The zero-order valence-electron chi connectivity index (χ0n) is 14.7. The first-order valence-electron chi connectivity index (χ1n) is 7.78. The quantitative estimate of drug-likeness (QED) is 0.727. The van der Waals surface area contributed by atoms with Crippen molar-refractivity contribution in [2.24, 2.45) is 7.05 Å². The number of aromatic nitrogens is 3. The average Bonchev–Trinajstić information content (AvgIpc) is 2.82. The summed E-state index contributed by atoms with van der Waals surface area (Å²) in [4.78, 5) is 15.4. The minimum absolute atomic E-state index is 0.0436. The second-order valence-corrected chi connectivity index (χ2v) is 6.82. The first-order valence-corrected chi connectivity index (χ1v) is 7.78. The molecule has 0 aromatic carbocycles. The molecule has 1 saturated heterocycles. The largest absolute Gasteiger partial charge is 0.369 e. The molecule has 0 saturated carbocycles. The number of morpholine rings is 1. The highest BCUT2D eigenvalue weighted by atomic mass is 16.5. The molecule has 1 aliphatic rings. The van der Waals surface area contributed by atoms with E-state index in [0.29, 0.717) is 6.61 Å². The summed E-state index contributed by atoms with van der Waals surface area (Å²) in [7, 11) is 5.33. The molecule has 1 aliphatic heterocycles. The van der Waals surface area contributed by atoms with Crippen molar-refractivity contribution in [2.45, 2.75) is 32.1 Å². The Hall–Kier alpha value is -1.51. The third-order valence-corrected chi connectivity index (χ3v) is 3.77. The van der Waals surface area contributed by atoms with Crippen LogP contribution in [0.15, 0.2) is 6.20 Å². The van der Waals surface area contributed by atoms with Gasteiger partial charge in [-0.3, -0.25) is 14.4 Å². The van der Waals surface area contributed by atoms with Crippen molar-refractivity contribution in [3.8, 4) is 0 Å². The molecule has 2 heterocycles. The Bertz CT molecular complexity index is 529. The highest BCUT2D eigenvalue weighted by Crippen LogP contribution is 2.22. The summed E-state index contributed by atoms with van der Waals surface area (Å²) in [6, 6.07) is 0. The molecule has 0 aliphatic carbocycles. The van der Waals surface area contributed by atoms with E-state index in [2.05, 4.69) is 29.1 Å². The van der Waals surface area contributed by atoms with Crippen LogP contribution in [0.5, 0.6) is 0 Å². The fraction of sp³-hybridized carbons (Fsp3) is 0.800. The normalized spacial score (nSPS) is 21.3. The highest BCUT2D eigenvalue weighted by Gasteiger charge is 2.33. The summed E-state index contributed by atoms with van der Waals surface area (Å²) in [6.45, 7) is 6.97. The molecule has 8 heteroatoms. The Balaban J connectivity index is 1.88. The third kappa shape index (κ3) is 5.26. The van der Waals surface area contributed by atoms with Crippen LogP contribution in [-0.2, 0) is 27.9 Å². The van der Waals surface area contributed by atoms with E-state index in [-0.39, 0.29) is 24.2 Å². The van der Waals surface area contributed by atoms with Crippen LogP contribution >= 0.6 is 0 Å². The van der Waals surface area contributed by atoms with Crippen molar-refractivity contribution in [1.82, 2.24) is 24.8 Å². The van der Waals surface area contributed by atoms with Crippen LogP contribution in [0.4, 0.5) is 0 Å². The molecule has 0 bridgehead atoms. The molecule has 0 N–H and O–H groups in total. The summed E-state index contributed by atoms with van der Waals surface area (Å²) in [5.41, 5.74) is 0.800. The Morgan fingerprint density at radius 3 is 2.87 bits per heavy atom. The molecule has 1 aromatic heterocycles. The van der Waals surface area contributed by atoms with E-state index in [0.717, 1.165) is 25.3 Å². The first kappa shape index (κ1) is 17.8. The molecular weight excluding hydrogens is 298 g/mol. The van der Waals surface area contributed by atoms with Gasteiger partial charge in [0.05, 0.1) is 30.2 Å². The lowest BCUT2D eigenvalue weighted by Crippen LogP contribution is -2.53. The first-order chi connectivity index (χ1) is 10.8. The number of hydrogen-bond acceptors (Lipinski definition) is 6. The molecule has 1 atom stereocenters. The van der Waals surface area contributed by atoms with Crippen LogP contribution in [0.1, 0.15) is 19.5 Å². The van der Waals surface area contributed by atoms with Crippen LogP contribution in [0.3, 0.4) is 0 Å². The molecule has 0 radical (unpaired) electrons. The van der Waals surface area contributed by atoms with Crippen molar-refractivity contribution < 1.29 is 14.3 Å². The number of aryl methyl sites for hydroxylation is 1. The molecular formula is C15H27N5O3. The monoisotopic (exact) mass is 325 g/mol. The van der Waals surface area contributed by atoms with Gasteiger partial charge in [0.2, 0.25) is 5.91 Å². The van der Waals surface area contributed by atoms with Gasteiger partial charge in [0.1, 0.15) is 6.61 Å². The number of amides is 1. The van der Waals surface area contributed by atoms with Crippen molar-refractivity contribution in [3.63, 3.8) is 0 Å². The average molecular weight is 325 g/mol. The number of carbonyl (C=O) groups excluding carboxylic acids is 1. The maximum atomic E-state index is 11.6. The molecule has 0 unspecified atom stereocenters. The Morgan fingerprint density at radius 2 is 2.26 bits per heavy atom. The molecule has 1 amide bonds. The minimum atomic E-state index is -0.260. The van der Waals surface area contributed by atoms with Gasteiger partial charge in [0, 0.05) is 40.8 Å². The molecule has 1 fully saturated rings. The molecule has 23 heavy (non-hydrogen) atoms. The van der Waals surface area contributed by atoms with Crippen LogP contribution in [0, 0.1) is 0 Å². The molecule has 130 valence electrons. The van der Waals surface area contributed by atoms with Gasteiger partial charge < -0.3 is 14.4 Å². The Labute approximate surface area is 137 Å². The fourth-order valence-electron chi connectivity index (χ4n) is 2.71. The number of rotatable bonds is 6. The summed E-state index contributed by atoms with van der Waals surface area (Å²) in [5.74, 6) is -0.0436. The number of nitrogens with zero attached hydrogens (tertiary/aromatic N) is 5.